The molecule has 8 nitrogen and oxygen atoms in total. The second-order valence-electron chi connectivity index (χ2n) is 5.61. The lowest BCUT2D eigenvalue weighted by molar-refractivity contribution is 0.251. The average Bonchev–Trinajstić information content (AvgIpc) is 3.35. The molecule has 0 unspecified atom stereocenters. The summed E-state index contributed by atoms with van der Waals surface area (Å²) in [4.78, 5) is 20.5. The molecular weight excluding hydrogens is 364 g/mol. The fraction of sp³-hybridized carbons (Fsp3) is 0.111. The van der Waals surface area contributed by atoms with Crippen molar-refractivity contribution in [2.24, 2.45) is 0 Å². The molecule has 2 amide bonds. The lowest BCUT2D eigenvalue weighted by Gasteiger charge is -2.04. The molecule has 2 N–H and O–H groups in total. The topological polar surface area (TPSA) is 93.4 Å². The highest BCUT2D eigenvalue weighted by atomic mass is 32.1. The maximum atomic E-state index is 12.0. The Hall–Kier alpha value is -3.46. The number of nitrogens with zero attached hydrogens (tertiary/aromatic N) is 4. The largest absolute Gasteiger partial charge is 0.497 e. The van der Waals surface area contributed by atoms with Gasteiger partial charge in [0, 0.05) is 17.1 Å². The van der Waals surface area contributed by atoms with Crippen LogP contribution in [-0.4, -0.2) is 32.7 Å². The molecule has 136 valence electrons. The second kappa shape index (κ2) is 7.42. The van der Waals surface area contributed by atoms with E-state index in [1.807, 2.05) is 41.8 Å². The van der Waals surface area contributed by atoms with Crippen molar-refractivity contribution in [3.05, 3.63) is 59.2 Å². The molecule has 3 aromatic heterocycles. The summed E-state index contributed by atoms with van der Waals surface area (Å²) in [5.41, 5.74) is 2.34. The van der Waals surface area contributed by atoms with Crippen LogP contribution in [0.4, 0.5) is 10.6 Å². The van der Waals surface area contributed by atoms with Crippen molar-refractivity contribution in [1.82, 2.24) is 24.9 Å². The maximum absolute atomic E-state index is 12.0. The zero-order valence-electron chi connectivity index (χ0n) is 14.4. The van der Waals surface area contributed by atoms with Gasteiger partial charge in [-0.2, -0.15) is 5.10 Å². The van der Waals surface area contributed by atoms with E-state index in [0.717, 1.165) is 22.0 Å². The highest BCUT2D eigenvalue weighted by Crippen LogP contribution is 2.22. The number of hydrogen-bond donors (Lipinski definition) is 2. The van der Waals surface area contributed by atoms with E-state index >= 15 is 0 Å². The molecule has 0 bridgehead atoms. The van der Waals surface area contributed by atoms with Gasteiger partial charge in [-0.25, -0.2) is 19.3 Å². The van der Waals surface area contributed by atoms with Crippen LogP contribution in [0.2, 0.25) is 0 Å². The number of carbonyl (C=O) groups is 1. The molecule has 0 radical (unpaired) electrons. The zero-order valence-corrected chi connectivity index (χ0v) is 15.2. The van der Waals surface area contributed by atoms with Crippen molar-refractivity contribution < 1.29 is 9.53 Å². The number of aromatic nitrogens is 4. The van der Waals surface area contributed by atoms with E-state index in [4.69, 9.17) is 4.74 Å². The van der Waals surface area contributed by atoms with Crippen LogP contribution in [0.25, 0.3) is 16.9 Å². The first-order chi connectivity index (χ1) is 13.2. The number of urea groups is 1. The minimum absolute atomic E-state index is 0.346. The monoisotopic (exact) mass is 380 g/mol. The van der Waals surface area contributed by atoms with E-state index in [-0.39, 0.29) is 6.03 Å². The van der Waals surface area contributed by atoms with E-state index in [1.165, 1.54) is 11.3 Å². The number of anilines is 1. The number of rotatable bonds is 5. The normalized spacial score (nSPS) is 10.7. The van der Waals surface area contributed by atoms with Gasteiger partial charge in [-0.05, 0) is 24.3 Å². The lowest BCUT2D eigenvalue weighted by Crippen LogP contribution is -2.28. The van der Waals surface area contributed by atoms with Crippen LogP contribution in [0, 0.1) is 0 Å². The molecule has 0 spiro atoms. The number of methoxy groups -OCH3 is 1. The summed E-state index contributed by atoms with van der Waals surface area (Å²) in [6.45, 7) is 0.370. The molecule has 0 saturated carbocycles. The number of amides is 2. The molecule has 0 aliphatic rings. The van der Waals surface area contributed by atoms with Crippen LogP contribution < -0.4 is 15.4 Å². The lowest BCUT2D eigenvalue weighted by atomic mass is 10.1. The van der Waals surface area contributed by atoms with Crippen LogP contribution in [0.15, 0.2) is 54.2 Å². The van der Waals surface area contributed by atoms with E-state index in [2.05, 4.69) is 25.7 Å². The zero-order chi connectivity index (χ0) is 18.6. The van der Waals surface area contributed by atoms with Gasteiger partial charge in [0.25, 0.3) is 0 Å². The molecular formula is C18H16N6O2S. The third-order valence-electron chi connectivity index (χ3n) is 3.81. The standard InChI is InChI=1S/C18H16N6O2S/c1-26-13-4-2-3-12(9-13)14-5-6-16-21-15(11-24(16)23-14)22-18(25)20-10-17-19-7-8-27-17/h2-9,11H,10H2,1H3,(H2,20,22,25). The minimum atomic E-state index is -0.346. The summed E-state index contributed by atoms with van der Waals surface area (Å²) in [6.07, 6.45) is 3.37. The van der Waals surface area contributed by atoms with E-state index in [1.54, 1.807) is 24.0 Å². The smallest absolute Gasteiger partial charge is 0.320 e. The summed E-state index contributed by atoms with van der Waals surface area (Å²) in [6, 6.07) is 11.0. The molecule has 3 heterocycles. The predicted octanol–water partition coefficient (Wildman–Crippen LogP) is 3.18. The summed E-state index contributed by atoms with van der Waals surface area (Å²) in [7, 11) is 1.63. The van der Waals surface area contributed by atoms with Gasteiger partial charge in [0.2, 0.25) is 0 Å². The fourth-order valence-corrected chi connectivity index (χ4v) is 3.09. The number of thiazole rings is 1. The van der Waals surface area contributed by atoms with Gasteiger partial charge in [0.1, 0.15) is 10.8 Å². The molecule has 0 aliphatic carbocycles. The van der Waals surface area contributed by atoms with Gasteiger partial charge in [-0.3, -0.25) is 5.32 Å². The van der Waals surface area contributed by atoms with Gasteiger partial charge in [-0.1, -0.05) is 12.1 Å². The Kier molecular flexibility index (Phi) is 4.67. The van der Waals surface area contributed by atoms with Crippen molar-refractivity contribution in [3.63, 3.8) is 0 Å². The molecule has 4 rings (SSSR count). The summed E-state index contributed by atoms with van der Waals surface area (Å²) < 4.78 is 6.89. The number of imidazole rings is 1. The molecule has 0 saturated heterocycles. The van der Waals surface area contributed by atoms with Crippen LogP contribution in [0.3, 0.4) is 0 Å². The number of benzene rings is 1. The Morgan fingerprint density at radius 2 is 2.22 bits per heavy atom. The number of nitrogens with one attached hydrogen (secondary N) is 2. The van der Waals surface area contributed by atoms with Gasteiger partial charge in [0.05, 0.1) is 25.5 Å². The van der Waals surface area contributed by atoms with Gasteiger partial charge < -0.3 is 10.1 Å². The quantitative estimate of drug-likeness (QED) is 0.555. The number of ether oxygens (including phenoxy) is 1. The summed E-state index contributed by atoms with van der Waals surface area (Å²) in [5, 5.41) is 12.7. The highest BCUT2D eigenvalue weighted by Gasteiger charge is 2.09. The molecule has 27 heavy (non-hydrogen) atoms. The molecule has 0 aliphatic heterocycles. The average molecular weight is 380 g/mol. The highest BCUT2D eigenvalue weighted by molar-refractivity contribution is 7.09. The summed E-state index contributed by atoms with van der Waals surface area (Å²) >= 11 is 1.48. The Bertz CT molecular complexity index is 1080. The first kappa shape index (κ1) is 17.0. The van der Waals surface area contributed by atoms with Crippen LogP contribution in [0.1, 0.15) is 5.01 Å². The second-order valence-corrected chi connectivity index (χ2v) is 6.59. The van der Waals surface area contributed by atoms with Crippen molar-refractivity contribution in [2.75, 3.05) is 12.4 Å². The number of hydrogen-bond acceptors (Lipinski definition) is 6. The van der Waals surface area contributed by atoms with Crippen molar-refractivity contribution in [1.29, 1.82) is 0 Å². The SMILES string of the molecule is COc1cccc(-c2ccc3nc(NC(=O)NCc4nccs4)cn3n2)c1. The van der Waals surface area contributed by atoms with Gasteiger partial charge in [0.15, 0.2) is 11.5 Å². The molecule has 9 heteroatoms. The molecule has 1 aromatic carbocycles. The molecule has 4 aromatic rings. The van der Waals surface area contributed by atoms with E-state index in [0.29, 0.717) is 18.0 Å². The fourth-order valence-electron chi connectivity index (χ4n) is 2.54. The Balaban J connectivity index is 1.49. The summed E-state index contributed by atoms with van der Waals surface area (Å²) in [5.74, 6) is 1.18. The Labute approximate surface area is 158 Å². The molecule has 0 atom stereocenters. The first-order valence-corrected chi connectivity index (χ1v) is 9.03. The Morgan fingerprint density at radius 1 is 1.30 bits per heavy atom. The van der Waals surface area contributed by atoms with E-state index in [9.17, 15) is 4.79 Å². The Morgan fingerprint density at radius 3 is 3.04 bits per heavy atom. The van der Waals surface area contributed by atoms with Crippen molar-refractivity contribution in [2.45, 2.75) is 6.54 Å². The van der Waals surface area contributed by atoms with Crippen LogP contribution >= 0.6 is 11.3 Å². The third-order valence-corrected chi connectivity index (χ3v) is 4.59. The van der Waals surface area contributed by atoms with Crippen LogP contribution in [-0.2, 0) is 6.54 Å². The number of fused-ring (bicyclic) bond motifs is 1. The van der Waals surface area contributed by atoms with Gasteiger partial charge >= 0.3 is 6.03 Å². The number of carbonyl (C=O) groups excluding carboxylic acids is 1. The third kappa shape index (κ3) is 3.87. The maximum Gasteiger partial charge on any atom is 0.320 e. The molecule has 0 fully saturated rings. The first-order valence-electron chi connectivity index (χ1n) is 8.15. The van der Waals surface area contributed by atoms with Crippen LogP contribution in [0.5, 0.6) is 5.75 Å². The van der Waals surface area contributed by atoms with Crippen molar-refractivity contribution >= 4 is 28.8 Å². The van der Waals surface area contributed by atoms with E-state index < -0.39 is 0 Å². The van der Waals surface area contributed by atoms with Gasteiger partial charge in [-0.15, -0.1) is 11.3 Å². The van der Waals surface area contributed by atoms with Crippen molar-refractivity contribution in [3.8, 4) is 17.0 Å². The predicted molar refractivity (Wildman–Crippen MR) is 103 cm³/mol. The minimum Gasteiger partial charge on any atom is -0.497 e.